The van der Waals surface area contributed by atoms with Crippen LogP contribution in [0.1, 0.15) is 18.1 Å². The molecule has 1 saturated heterocycles. The van der Waals surface area contributed by atoms with Crippen molar-refractivity contribution in [2.75, 3.05) is 19.7 Å². The fourth-order valence-electron chi connectivity index (χ4n) is 2.73. The molecule has 3 rings (SSSR count). The first-order valence-corrected chi connectivity index (χ1v) is 7.32. The second kappa shape index (κ2) is 5.66. The Morgan fingerprint density at radius 2 is 2.14 bits per heavy atom. The molecule has 5 nitrogen and oxygen atoms in total. The van der Waals surface area contributed by atoms with Crippen molar-refractivity contribution < 1.29 is 19.4 Å². The number of aliphatic carboxylic acids is 1. The molecule has 1 aliphatic carbocycles. The van der Waals surface area contributed by atoms with Crippen LogP contribution in [0.15, 0.2) is 24.3 Å². The summed E-state index contributed by atoms with van der Waals surface area (Å²) in [5.74, 6) is -1.82. The van der Waals surface area contributed by atoms with Crippen molar-refractivity contribution in [2.45, 2.75) is 12.5 Å². The van der Waals surface area contributed by atoms with Crippen LogP contribution >= 0.6 is 11.6 Å². The number of nitrogens with zero attached hydrogens (tertiary/aromatic N) is 1. The van der Waals surface area contributed by atoms with E-state index in [9.17, 15) is 9.59 Å². The average molecular weight is 310 g/mol. The summed E-state index contributed by atoms with van der Waals surface area (Å²) in [6.07, 6.45) is 0.247. The zero-order valence-corrected chi connectivity index (χ0v) is 12.1. The maximum atomic E-state index is 12.3. The molecule has 1 aliphatic heterocycles. The van der Waals surface area contributed by atoms with Gasteiger partial charge in [0.2, 0.25) is 5.91 Å². The SMILES string of the molecule is O=C(O)C1CC1C(=O)N1CCOC(c2cccc(Cl)c2)C1. The number of carbonyl (C=O) groups excluding carboxylic acids is 1. The molecular weight excluding hydrogens is 294 g/mol. The standard InChI is InChI=1S/C15H16ClNO4/c16-10-3-1-2-9(6-10)13-8-17(4-5-21-13)14(18)11-7-12(11)15(19)20/h1-3,6,11-13H,4-5,7-8H2,(H,19,20). The van der Waals surface area contributed by atoms with Gasteiger partial charge in [-0.25, -0.2) is 0 Å². The van der Waals surface area contributed by atoms with Gasteiger partial charge in [0.1, 0.15) is 6.10 Å². The summed E-state index contributed by atoms with van der Waals surface area (Å²) >= 11 is 5.98. The second-order valence-corrected chi connectivity index (χ2v) is 5.92. The van der Waals surface area contributed by atoms with Gasteiger partial charge >= 0.3 is 5.97 Å². The second-order valence-electron chi connectivity index (χ2n) is 5.49. The minimum absolute atomic E-state index is 0.0715. The molecule has 0 aromatic heterocycles. The van der Waals surface area contributed by atoms with Crippen molar-refractivity contribution in [1.29, 1.82) is 0 Å². The van der Waals surface area contributed by atoms with Crippen molar-refractivity contribution in [3.63, 3.8) is 0 Å². The first-order valence-electron chi connectivity index (χ1n) is 6.95. The fourth-order valence-corrected chi connectivity index (χ4v) is 2.93. The molecule has 6 heteroatoms. The molecule has 1 heterocycles. The molecule has 0 radical (unpaired) electrons. The predicted octanol–water partition coefficient (Wildman–Crippen LogP) is 1.96. The lowest BCUT2D eigenvalue weighted by molar-refractivity contribution is -0.145. The van der Waals surface area contributed by atoms with Crippen molar-refractivity contribution in [1.82, 2.24) is 4.90 Å². The van der Waals surface area contributed by atoms with Gasteiger partial charge in [0.15, 0.2) is 0 Å². The first kappa shape index (κ1) is 14.4. The number of ether oxygens (including phenoxy) is 1. The van der Waals surface area contributed by atoms with Gasteiger partial charge in [-0.15, -0.1) is 0 Å². The van der Waals surface area contributed by atoms with Gasteiger partial charge in [-0.05, 0) is 24.1 Å². The predicted molar refractivity (Wildman–Crippen MR) is 76.0 cm³/mol. The Kier molecular flexibility index (Phi) is 3.87. The molecule has 0 bridgehead atoms. The van der Waals surface area contributed by atoms with Crippen LogP contribution in [0.4, 0.5) is 0 Å². The third-order valence-corrected chi connectivity index (χ3v) is 4.26. The molecule has 0 spiro atoms. The Bertz CT molecular complexity index is 577. The van der Waals surface area contributed by atoms with Gasteiger partial charge in [-0.1, -0.05) is 23.7 Å². The zero-order chi connectivity index (χ0) is 15.0. The highest BCUT2D eigenvalue weighted by Gasteiger charge is 2.50. The minimum Gasteiger partial charge on any atom is -0.481 e. The number of carbonyl (C=O) groups is 2. The van der Waals surface area contributed by atoms with E-state index in [1.165, 1.54) is 0 Å². The normalized spacial score (nSPS) is 28.2. The van der Waals surface area contributed by atoms with Crippen molar-refractivity contribution >= 4 is 23.5 Å². The van der Waals surface area contributed by atoms with E-state index in [0.29, 0.717) is 31.1 Å². The van der Waals surface area contributed by atoms with Crippen LogP contribution < -0.4 is 0 Å². The van der Waals surface area contributed by atoms with Gasteiger partial charge in [0, 0.05) is 11.6 Å². The van der Waals surface area contributed by atoms with Crippen LogP contribution in [0.25, 0.3) is 0 Å². The molecule has 1 N–H and O–H groups in total. The minimum atomic E-state index is -0.881. The lowest BCUT2D eigenvalue weighted by Gasteiger charge is -2.33. The molecule has 21 heavy (non-hydrogen) atoms. The summed E-state index contributed by atoms with van der Waals surface area (Å²) in [5, 5.41) is 9.55. The van der Waals surface area contributed by atoms with Crippen molar-refractivity contribution in [3.8, 4) is 0 Å². The number of halogens is 1. The number of morpholine rings is 1. The Morgan fingerprint density at radius 1 is 1.33 bits per heavy atom. The van der Waals surface area contributed by atoms with Gasteiger partial charge in [-0.3, -0.25) is 9.59 Å². The van der Waals surface area contributed by atoms with E-state index in [4.69, 9.17) is 21.4 Å². The van der Waals surface area contributed by atoms with Crippen LogP contribution in [0.2, 0.25) is 5.02 Å². The summed E-state index contributed by atoms with van der Waals surface area (Å²) in [5.41, 5.74) is 0.936. The number of carboxylic acids is 1. The summed E-state index contributed by atoms with van der Waals surface area (Å²) < 4.78 is 5.70. The van der Waals surface area contributed by atoms with E-state index in [0.717, 1.165) is 5.56 Å². The van der Waals surface area contributed by atoms with E-state index in [-0.39, 0.29) is 17.9 Å². The molecule has 3 unspecified atom stereocenters. The number of hydrogen-bond donors (Lipinski definition) is 1. The van der Waals surface area contributed by atoms with Crippen LogP contribution in [0.3, 0.4) is 0 Å². The van der Waals surface area contributed by atoms with E-state index in [2.05, 4.69) is 0 Å². The van der Waals surface area contributed by atoms with Crippen LogP contribution in [-0.4, -0.2) is 41.6 Å². The molecule has 3 atom stereocenters. The quantitative estimate of drug-likeness (QED) is 0.927. The van der Waals surface area contributed by atoms with Gasteiger partial charge in [0.25, 0.3) is 0 Å². The molecule has 2 fully saturated rings. The van der Waals surface area contributed by atoms with Gasteiger partial charge in [-0.2, -0.15) is 0 Å². The molecule has 1 aromatic rings. The molecule has 1 amide bonds. The smallest absolute Gasteiger partial charge is 0.307 e. The molecular formula is C15H16ClNO4. The van der Waals surface area contributed by atoms with E-state index in [1.54, 1.807) is 11.0 Å². The van der Waals surface area contributed by atoms with E-state index in [1.807, 2.05) is 18.2 Å². The van der Waals surface area contributed by atoms with E-state index < -0.39 is 11.9 Å². The van der Waals surface area contributed by atoms with Crippen LogP contribution in [0.5, 0.6) is 0 Å². The highest BCUT2D eigenvalue weighted by Crippen LogP contribution is 2.40. The average Bonchev–Trinajstić information content (AvgIpc) is 3.27. The molecule has 112 valence electrons. The largest absolute Gasteiger partial charge is 0.481 e. The molecule has 2 aliphatic rings. The number of carboxylic acid groups (broad SMARTS) is 1. The Balaban J connectivity index is 1.66. The molecule has 1 saturated carbocycles. The first-order chi connectivity index (χ1) is 10.1. The lowest BCUT2D eigenvalue weighted by atomic mass is 10.1. The summed E-state index contributed by atoms with van der Waals surface area (Å²) in [6, 6.07) is 7.39. The molecule has 1 aromatic carbocycles. The van der Waals surface area contributed by atoms with Crippen LogP contribution in [0, 0.1) is 11.8 Å². The number of benzene rings is 1. The lowest BCUT2D eigenvalue weighted by Crippen LogP contribution is -2.43. The summed E-state index contributed by atoms with van der Waals surface area (Å²) in [7, 11) is 0. The van der Waals surface area contributed by atoms with Crippen molar-refractivity contribution in [3.05, 3.63) is 34.9 Å². The third-order valence-electron chi connectivity index (χ3n) is 4.02. The van der Waals surface area contributed by atoms with Crippen molar-refractivity contribution in [2.24, 2.45) is 11.8 Å². The Hall–Kier alpha value is -1.59. The zero-order valence-electron chi connectivity index (χ0n) is 11.4. The highest BCUT2D eigenvalue weighted by atomic mass is 35.5. The monoisotopic (exact) mass is 309 g/mol. The Labute approximate surface area is 127 Å². The summed E-state index contributed by atoms with van der Waals surface area (Å²) in [4.78, 5) is 24.9. The third kappa shape index (κ3) is 3.04. The topological polar surface area (TPSA) is 66.8 Å². The number of rotatable bonds is 3. The van der Waals surface area contributed by atoms with Gasteiger partial charge in [0.05, 0.1) is 25.0 Å². The van der Waals surface area contributed by atoms with Crippen LogP contribution in [-0.2, 0) is 14.3 Å². The number of hydrogen-bond acceptors (Lipinski definition) is 3. The fraction of sp³-hybridized carbons (Fsp3) is 0.467. The Morgan fingerprint density at radius 3 is 2.81 bits per heavy atom. The number of amides is 1. The maximum Gasteiger partial charge on any atom is 0.307 e. The maximum absolute atomic E-state index is 12.3. The summed E-state index contributed by atoms with van der Waals surface area (Å²) in [6.45, 7) is 1.41. The van der Waals surface area contributed by atoms with E-state index >= 15 is 0 Å². The van der Waals surface area contributed by atoms with Gasteiger partial charge < -0.3 is 14.7 Å². The highest BCUT2D eigenvalue weighted by molar-refractivity contribution is 6.30.